The number of benzene rings is 2. The number of nitrogens with zero attached hydrogens (tertiary/aromatic N) is 1. The van der Waals surface area contributed by atoms with Crippen molar-refractivity contribution in [2.24, 2.45) is 5.92 Å². The van der Waals surface area contributed by atoms with E-state index in [4.69, 9.17) is 4.74 Å². The number of carbonyl (C=O) groups is 3. The lowest BCUT2D eigenvalue weighted by Gasteiger charge is -2.36. The van der Waals surface area contributed by atoms with Crippen LogP contribution in [-0.2, 0) is 27.3 Å². The normalized spacial score (nSPS) is 15.6. The largest absolute Gasteiger partial charge is 0.444 e. The van der Waals surface area contributed by atoms with Gasteiger partial charge in [-0.1, -0.05) is 81.8 Å². The summed E-state index contributed by atoms with van der Waals surface area (Å²) in [5.74, 6) is -0.641. The fourth-order valence-electron chi connectivity index (χ4n) is 4.40. The summed E-state index contributed by atoms with van der Waals surface area (Å²) >= 11 is 0. The number of alkyl carbamates (subject to hydrolysis) is 1. The van der Waals surface area contributed by atoms with Gasteiger partial charge in [-0.05, 0) is 62.6 Å². The standard InChI is InChI=1S/C31H43N3O4/c1-7-21(3)26(33-30(37)38-31(4,5)6)29(36)34(25-18-19-25)27(24-16-14-22(8-2)15-17-24)28(35)32-20-23-12-10-9-11-13-23/h9-17,21,25-27H,7-8,18-20H2,1-6H3,(H,32,35)(H,33,37). The van der Waals surface area contributed by atoms with Crippen molar-refractivity contribution in [3.05, 3.63) is 71.3 Å². The zero-order valence-corrected chi connectivity index (χ0v) is 23.6. The summed E-state index contributed by atoms with van der Waals surface area (Å²) in [6.45, 7) is 11.7. The predicted octanol–water partition coefficient (Wildman–Crippen LogP) is 5.54. The van der Waals surface area contributed by atoms with Crippen LogP contribution in [0.25, 0.3) is 0 Å². The van der Waals surface area contributed by atoms with Gasteiger partial charge in [-0.15, -0.1) is 0 Å². The molecule has 7 heteroatoms. The molecule has 1 saturated carbocycles. The first-order chi connectivity index (χ1) is 18.0. The lowest BCUT2D eigenvalue weighted by Crippen LogP contribution is -2.55. The van der Waals surface area contributed by atoms with E-state index in [0.717, 1.165) is 36.0 Å². The van der Waals surface area contributed by atoms with Crippen molar-refractivity contribution >= 4 is 17.9 Å². The molecule has 3 rings (SSSR count). The van der Waals surface area contributed by atoms with Crippen LogP contribution in [-0.4, -0.2) is 40.5 Å². The van der Waals surface area contributed by atoms with Crippen molar-refractivity contribution in [2.45, 2.75) is 97.5 Å². The van der Waals surface area contributed by atoms with Crippen molar-refractivity contribution in [1.82, 2.24) is 15.5 Å². The monoisotopic (exact) mass is 521 g/mol. The van der Waals surface area contributed by atoms with E-state index in [1.165, 1.54) is 0 Å². The third-order valence-corrected chi connectivity index (χ3v) is 6.89. The molecule has 0 aliphatic heterocycles. The molecule has 0 aromatic heterocycles. The molecule has 0 spiro atoms. The molecule has 3 unspecified atom stereocenters. The minimum atomic E-state index is -0.810. The first-order valence-corrected chi connectivity index (χ1v) is 13.8. The first-order valence-electron chi connectivity index (χ1n) is 13.8. The quantitative estimate of drug-likeness (QED) is 0.407. The van der Waals surface area contributed by atoms with Gasteiger partial charge in [-0.25, -0.2) is 4.79 Å². The molecular weight excluding hydrogens is 478 g/mol. The fourth-order valence-corrected chi connectivity index (χ4v) is 4.40. The van der Waals surface area contributed by atoms with Gasteiger partial charge in [0.05, 0.1) is 0 Å². The predicted molar refractivity (Wildman–Crippen MR) is 149 cm³/mol. The lowest BCUT2D eigenvalue weighted by atomic mass is 9.95. The average molecular weight is 522 g/mol. The molecule has 7 nitrogen and oxygen atoms in total. The number of rotatable bonds is 11. The van der Waals surface area contributed by atoms with Gasteiger partial charge >= 0.3 is 6.09 Å². The van der Waals surface area contributed by atoms with E-state index in [1.54, 1.807) is 25.7 Å². The van der Waals surface area contributed by atoms with Gasteiger partial charge in [-0.3, -0.25) is 9.59 Å². The van der Waals surface area contributed by atoms with Gasteiger partial charge in [0.15, 0.2) is 0 Å². The Morgan fingerprint density at radius 3 is 2.13 bits per heavy atom. The maximum absolute atomic E-state index is 14.2. The number of ether oxygens (including phenoxy) is 1. The number of hydrogen-bond acceptors (Lipinski definition) is 4. The van der Waals surface area contributed by atoms with E-state index in [0.29, 0.717) is 13.0 Å². The van der Waals surface area contributed by atoms with Crippen molar-refractivity contribution in [3.63, 3.8) is 0 Å². The summed E-state index contributed by atoms with van der Waals surface area (Å²) in [5.41, 5.74) is 2.21. The van der Waals surface area contributed by atoms with Crippen molar-refractivity contribution in [1.29, 1.82) is 0 Å². The number of aryl methyl sites for hydroxylation is 1. The highest BCUT2D eigenvalue weighted by atomic mass is 16.6. The Hall–Kier alpha value is -3.35. The summed E-state index contributed by atoms with van der Waals surface area (Å²) in [6.07, 6.45) is 2.57. The zero-order chi connectivity index (χ0) is 27.9. The summed E-state index contributed by atoms with van der Waals surface area (Å²) in [7, 11) is 0. The third kappa shape index (κ3) is 8.07. The zero-order valence-electron chi connectivity index (χ0n) is 23.6. The van der Waals surface area contributed by atoms with Gasteiger partial charge in [0.25, 0.3) is 0 Å². The Balaban J connectivity index is 1.95. The van der Waals surface area contributed by atoms with E-state index in [1.807, 2.05) is 68.4 Å². The maximum atomic E-state index is 14.2. The second kappa shape index (κ2) is 12.9. The van der Waals surface area contributed by atoms with Crippen LogP contribution in [0, 0.1) is 5.92 Å². The molecule has 1 aliphatic carbocycles. The highest BCUT2D eigenvalue weighted by Gasteiger charge is 2.45. The van der Waals surface area contributed by atoms with Crippen molar-refractivity contribution in [3.8, 4) is 0 Å². The van der Waals surface area contributed by atoms with E-state index in [-0.39, 0.29) is 23.8 Å². The smallest absolute Gasteiger partial charge is 0.408 e. The van der Waals surface area contributed by atoms with Gasteiger partial charge < -0.3 is 20.3 Å². The van der Waals surface area contributed by atoms with Crippen molar-refractivity contribution in [2.75, 3.05) is 0 Å². The molecule has 1 aliphatic rings. The highest BCUT2D eigenvalue weighted by Crippen LogP contribution is 2.36. The third-order valence-electron chi connectivity index (χ3n) is 6.89. The van der Waals surface area contributed by atoms with Gasteiger partial charge in [0, 0.05) is 12.6 Å². The maximum Gasteiger partial charge on any atom is 0.408 e. The molecule has 2 N–H and O–H groups in total. The van der Waals surface area contributed by atoms with Gasteiger partial charge in [0.2, 0.25) is 11.8 Å². The van der Waals surface area contributed by atoms with Crippen LogP contribution in [0.2, 0.25) is 0 Å². The van der Waals surface area contributed by atoms with Crippen LogP contribution in [0.1, 0.15) is 83.5 Å². The Kier molecular flexibility index (Phi) is 9.95. The number of nitrogens with one attached hydrogen (secondary N) is 2. The molecule has 3 amide bonds. The first kappa shape index (κ1) is 29.2. The molecule has 206 valence electrons. The molecule has 38 heavy (non-hydrogen) atoms. The van der Waals surface area contributed by atoms with Crippen LogP contribution in [0.3, 0.4) is 0 Å². The molecule has 3 atom stereocenters. The molecular formula is C31H43N3O4. The number of hydrogen-bond donors (Lipinski definition) is 2. The second-order valence-electron chi connectivity index (χ2n) is 11.2. The fraction of sp³-hybridized carbons (Fsp3) is 0.516. The molecule has 2 aromatic carbocycles. The Morgan fingerprint density at radius 2 is 1.61 bits per heavy atom. The van der Waals surface area contributed by atoms with E-state index in [2.05, 4.69) is 17.6 Å². The summed E-state index contributed by atoms with van der Waals surface area (Å²) in [5, 5.41) is 5.88. The van der Waals surface area contributed by atoms with Crippen molar-refractivity contribution < 1.29 is 19.1 Å². The summed E-state index contributed by atoms with van der Waals surface area (Å²) in [4.78, 5) is 42.4. The Morgan fingerprint density at radius 1 is 0.974 bits per heavy atom. The van der Waals surface area contributed by atoms with Crippen LogP contribution in [0.4, 0.5) is 4.79 Å². The van der Waals surface area contributed by atoms with Crippen LogP contribution < -0.4 is 10.6 Å². The molecule has 0 bridgehead atoms. The minimum absolute atomic E-state index is 0.0622. The Bertz CT molecular complexity index is 1070. The van der Waals surface area contributed by atoms with Crippen LogP contribution in [0.5, 0.6) is 0 Å². The topological polar surface area (TPSA) is 87.7 Å². The molecule has 2 aromatic rings. The molecule has 0 heterocycles. The SMILES string of the molecule is CCc1ccc(C(C(=O)NCc2ccccc2)N(C(=O)C(NC(=O)OC(C)(C)C)C(C)CC)C2CC2)cc1. The van der Waals surface area contributed by atoms with E-state index in [9.17, 15) is 14.4 Å². The van der Waals surface area contributed by atoms with E-state index >= 15 is 0 Å². The second-order valence-corrected chi connectivity index (χ2v) is 11.2. The van der Waals surface area contributed by atoms with Gasteiger partial charge in [-0.2, -0.15) is 0 Å². The van der Waals surface area contributed by atoms with Crippen LogP contribution >= 0.6 is 0 Å². The lowest BCUT2D eigenvalue weighted by molar-refractivity contribution is -0.144. The molecule has 0 saturated heterocycles. The highest BCUT2D eigenvalue weighted by molar-refractivity contribution is 5.92. The molecule has 1 fully saturated rings. The summed E-state index contributed by atoms with van der Waals surface area (Å²) < 4.78 is 5.47. The summed E-state index contributed by atoms with van der Waals surface area (Å²) in [6, 6.07) is 15.9. The number of carbonyl (C=O) groups excluding carboxylic acids is 3. The Labute approximate surface area is 227 Å². The molecule has 0 radical (unpaired) electrons. The average Bonchev–Trinajstić information content (AvgIpc) is 3.73. The van der Waals surface area contributed by atoms with Crippen LogP contribution in [0.15, 0.2) is 54.6 Å². The number of amides is 3. The van der Waals surface area contributed by atoms with E-state index < -0.39 is 23.8 Å². The minimum Gasteiger partial charge on any atom is -0.444 e. The van der Waals surface area contributed by atoms with Gasteiger partial charge in [0.1, 0.15) is 17.7 Å².